The van der Waals surface area contributed by atoms with Crippen molar-refractivity contribution in [2.24, 2.45) is 0 Å². The summed E-state index contributed by atoms with van der Waals surface area (Å²) in [6.07, 6.45) is 0. The summed E-state index contributed by atoms with van der Waals surface area (Å²) in [5.74, 6) is 1.12. The Morgan fingerprint density at radius 1 is 1.61 bits per heavy atom. The summed E-state index contributed by atoms with van der Waals surface area (Å²) in [5.41, 5.74) is 0. The zero-order valence-electron chi connectivity index (χ0n) is 10.3. The summed E-state index contributed by atoms with van der Waals surface area (Å²) in [7, 11) is 0. The maximum Gasteiger partial charge on any atom is 0.323 e. The summed E-state index contributed by atoms with van der Waals surface area (Å²) in [5, 5.41) is 8.45. The van der Waals surface area contributed by atoms with Crippen molar-refractivity contribution in [3.8, 4) is 0 Å². The van der Waals surface area contributed by atoms with E-state index < -0.39 is 0 Å². The molecule has 0 bridgehead atoms. The fourth-order valence-electron chi connectivity index (χ4n) is 1.53. The monoisotopic (exact) mass is 265 g/mol. The van der Waals surface area contributed by atoms with Crippen LogP contribution in [-0.2, 0) is 6.54 Å². The van der Waals surface area contributed by atoms with Crippen LogP contribution in [-0.4, -0.2) is 22.6 Å². The van der Waals surface area contributed by atoms with Gasteiger partial charge >= 0.3 is 6.03 Å². The highest BCUT2D eigenvalue weighted by Crippen LogP contribution is 2.13. The lowest BCUT2D eigenvalue weighted by atomic mass is 10.4. The number of hydrogen-bond acceptors (Lipinski definition) is 4. The van der Waals surface area contributed by atoms with Crippen LogP contribution in [0.4, 0.5) is 10.6 Å². The average Bonchev–Trinajstić information content (AvgIpc) is 2.97. The third-order valence-corrected chi connectivity index (χ3v) is 3.32. The van der Waals surface area contributed by atoms with E-state index in [9.17, 15) is 4.79 Å². The molecule has 0 atom stereocenters. The van der Waals surface area contributed by atoms with Crippen LogP contribution in [0.3, 0.4) is 0 Å². The van der Waals surface area contributed by atoms with Gasteiger partial charge in [0.25, 0.3) is 0 Å². The number of anilines is 1. The van der Waals surface area contributed by atoms with Crippen molar-refractivity contribution < 1.29 is 9.32 Å². The fourth-order valence-corrected chi connectivity index (χ4v) is 2.25. The van der Waals surface area contributed by atoms with Gasteiger partial charge in [-0.05, 0) is 25.3 Å². The summed E-state index contributed by atoms with van der Waals surface area (Å²) in [6.45, 7) is 4.98. The summed E-state index contributed by atoms with van der Waals surface area (Å²) in [4.78, 5) is 14.9. The fraction of sp³-hybridized carbons (Fsp3) is 0.333. The quantitative estimate of drug-likeness (QED) is 0.924. The molecular weight excluding hydrogens is 250 g/mol. The van der Waals surface area contributed by atoms with Crippen molar-refractivity contribution >= 4 is 23.2 Å². The summed E-state index contributed by atoms with van der Waals surface area (Å²) >= 11 is 1.64. The van der Waals surface area contributed by atoms with Crippen molar-refractivity contribution in [3.05, 3.63) is 34.2 Å². The Bertz CT molecular complexity index is 507. The largest absolute Gasteiger partial charge is 0.360 e. The first-order valence-corrected chi connectivity index (χ1v) is 6.58. The Hall–Kier alpha value is -1.82. The topological polar surface area (TPSA) is 58.4 Å². The highest BCUT2D eigenvalue weighted by molar-refractivity contribution is 7.09. The van der Waals surface area contributed by atoms with Crippen molar-refractivity contribution in [2.45, 2.75) is 20.4 Å². The van der Waals surface area contributed by atoms with Crippen LogP contribution >= 0.6 is 11.3 Å². The molecular formula is C12H15N3O2S. The number of carbonyl (C=O) groups is 1. The van der Waals surface area contributed by atoms with E-state index in [1.807, 2.05) is 24.4 Å². The molecule has 5 nitrogen and oxygen atoms in total. The third kappa shape index (κ3) is 3.10. The van der Waals surface area contributed by atoms with Crippen molar-refractivity contribution in [2.75, 3.05) is 11.9 Å². The molecule has 0 aromatic carbocycles. The number of rotatable bonds is 4. The van der Waals surface area contributed by atoms with Crippen molar-refractivity contribution in [1.82, 2.24) is 10.1 Å². The zero-order chi connectivity index (χ0) is 13.0. The second kappa shape index (κ2) is 5.68. The van der Waals surface area contributed by atoms with Crippen LogP contribution in [0.5, 0.6) is 0 Å². The van der Waals surface area contributed by atoms with Gasteiger partial charge in [-0.3, -0.25) is 5.32 Å². The van der Waals surface area contributed by atoms with E-state index in [1.54, 1.807) is 29.2 Å². The van der Waals surface area contributed by atoms with Gasteiger partial charge in [0.2, 0.25) is 0 Å². The van der Waals surface area contributed by atoms with Crippen LogP contribution in [0.2, 0.25) is 0 Å². The van der Waals surface area contributed by atoms with E-state index in [0.717, 1.165) is 4.88 Å². The van der Waals surface area contributed by atoms with Crippen LogP contribution < -0.4 is 5.32 Å². The van der Waals surface area contributed by atoms with E-state index in [1.165, 1.54) is 0 Å². The summed E-state index contributed by atoms with van der Waals surface area (Å²) < 4.78 is 4.90. The molecule has 18 heavy (non-hydrogen) atoms. The number of nitrogens with zero attached hydrogens (tertiary/aromatic N) is 2. The second-order valence-corrected chi connectivity index (χ2v) is 4.88. The van der Waals surface area contributed by atoms with E-state index in [4.69, 9.17) is 4.52 Å². The van der Waals surface area contributed by atoms with Crippen LogP contribution in [0, 0.1) is 6.92 Å². The number of carbonyl (C=O) groups excluding carboxylic acids is 1. The normalized spacial score (nSPS) is 10.3. The molecule has 2 rings (SSSR count). The Kier molecular flexibility index (Phi) is 3.99. The lowest BCUT2D eigenvalue weighted by molar-refractivity contribution is 0.212. The standard InChI is InChI=1S/C12H15N3O2S/c1-3-15(8-10-5-4-6-18-10)12(16)13-11-7-9(2)17-14-11/h4-7H,3,8H2,1-2H3,(H,13,14,16). The van der Waals surface area contributed by atoms with E-state index >= 15 is 0 Å². The molecule has 2 amide bonds. The Labute approximate surface area is 109 Å². The first kappa shape index (κ1) is 12.6. The van der Waals surface area contributed by atoms with Gasteiger partial charge in [-0.2, -0.15) is 0 Å². The highest BCUT2D eigenvalue weighted by Gasteiger charge is 2.14. The molecule has 0 unspecified atom stereocenters. The molecule has 0 aliphatic heterocycles. The first-order valence-electron chi connectivity index (χ1n) is 5.70. The van der Waals surface area contributed by atoms with Crippen LogP contribution in [0.1, 0.15) is 17.6 Å². The third-order valence-electron chi connectivity index (χ3n) is 2.46. The molecule has 2 heterocycles. The van der Waals surface area contributed by atoms with E-state index in [-0.39, 0.29) is 6.03 Å². The maximum atomic E-state index is 12.0. The van der Waals surface area contributed by atoms with Crippen LogP contribution in [0.15, 0.2) is 28.1 Å². The number of thiophene rings is 1. The minimum Gasteiger partial charge on any atom is -0.360 e. The molecule has 96 valence electrons. The Balaban J connectivity index is 1.97. The smallest absolute Gasteiger partial charge is 0.323 e. The van der Waals surface area contributed by atoms with Crippen molar-refractivity contribution in [3.63, 3.8) is 0 Å². The Morgan fingerprint density at radius 3 is 3.00 bits per heavy atom. The first-order chi connectivity index (χ1) is 8.69. The van der Waals surface area contributed by atoms with E-state index in [2.05, 4.69) is 10.5 Å². The lowest BCUT2D eigenvalue weighted by Gasteiger charge is -2.19. The predicted octanol–water partition coefficient (Wildman–Crippen LogP) is 3.10. The van der Waals surface area contributed by atoms with Gasteiger partial charge in [0.05, 0.1) is 6.54 Å². The van der Waals surface area contributed by atoms with Gasteiger partial charge < -0.3 is 9.42 Å². The molecule has 0 spiro atoms. The zero-order valence-corrected chi connectivity index (χ0v) is 11.2. The number of nitrogens with one attached hydrogen (secondary N) is 1. The van der Waals surface area contributed by atoms with Crippen LogP contribution in [0.25, 0.3) is 0 Å². The number of aromatic nitrogens is 1. The van der Waals surface area contributed by atoms with Gasteiger partial charge in [0.1, 0.15) is 5.76 Å². The van der Waals surface area contributed by atoms with Gasteiger partial charge in [-0.1, -0.05) is 11.2 Å². The molecule has 0 aliphatic rings. The molecule has 1 N–H and O–H groups in total. The number of urea groups is 1. The Morgan fingerprint density at radius 2 is 2.44 bits per heavy atom. The second-order valence-electron chi connectivity index (χ2n) is 3.85. The van der Waals surface area contributed by atoms with E-state index in [0.29, 0.717) is 24.7 Å². The number of aryl methyl sites for hydroxylation is 1. The predicted molar refractivity (Wildman–Crippen MR) is 70.7 cm³/mol. The molecule has 0 radical (unpaired) electrons. The molecule has 6 heteroatoms. The minimum absolute atomic E-state index is 0.167. The van der Waals surface area contributed by atoms with Gasteiger partial charge in [0.15, 0.2) is 5.82 Å². The minimum atomic E-state index is -0.167. The lowest BCUT2D eigenvalue weighted by Crippen LogP contribution is -2.34. The highest BCUT2D eigenvalue weighted by atomic mass is 32.1. The molecule has 0 fully saturated rings. The summed E-state index contributed by atoms with van der Waals surface area (Å²) in [6, 6.07) is 5.52. The van der Waals surface area contributed by atoms with Gasteiger partial charge in [-0.25, -0.2) is 4.79 Å². The molecule has 0 saturated heterocycles. The molecule has 0 saturated carbocycles. The number of amides is 2. The maximum absolute atomic E-state index is 12.0. The number of hydrogen-bond donors (Lipinski definition) is 1. The molecule has 2 aromatic heterocycles. The SMILES string of the molecule is CCN(Cc1cccs1)C(=O)Nc1cc(C)on1. The van der Waals surface area contributed by atoms with Crippen molar-refractivity contribution in [1.29, 1.82) is 0 Å². The molecule has 0 aliphatic carbocycles. The average molecular weight is 265 g/mol. The van der Waals surface area contributed by atoms with Gasteiger partial charge in [0, 0.05) is 17.5 Å². The molecule has 2 aromatic rings. The van der Waals surface area contributed by atoms with Gasteiger partial charge in [-0.15, -0.1) is 11.3 Å².